The molecule has 0 saturated carbocycles. The van der Waals surface area contributed by atoms with Crippen molar-refractivity contribution >= 4 is 11.9 Å². The number of carbonyl (C=O) groups excluding carboxylic acids is 2. The van der Waals surface area contributed by atoms with Gasteiger partial charge in [0.2, 0.25) is 5.91 Å². The van der Waals surface area contributed by atoms with Crippen LogP contribution in [0.5, 0.6) is 0 Å². The van der Waals surface area contributed by atoms with Gasteiger partial charge in [-0.1, -0.05) is 20.8 Å². The van der Waals surface area contributed by atoms with Crippen LogP contribution in [-0.4, -0.2) is 49.7 Å². The zero-order chi connectivity index (χ0) is 13.1. The summed E-state index contributed by atoms with van der Waals surface area (Å²) in [5.74, 6) is -0.353. The van der Waals surface area contributed by atoms with Crippen molar-refractivity contribution in [3.05, 3.63) is 0 Å². The predicted octanol–water partition coefficient (Wildman–Crippen LogP) is 0.823. The molecule has 1 aliphatic heterocycles. The van der Waals surface area contributed by atoms with Gasteiger partial charge in [-0.05, 0) is 6.42 Å². The van der Waals surface area contributed by atoms with Gasteiger partial charge in [-0.15, -0.1) is 0 Å². The van der Waals surface area contributed by atoms with E-state index in [1.807, 2.05) is 20.8 Å². The number of nitrogens with zero attached hydrogens (tertiary/aromatic N) is 1. The first-order valence-corrected chi connectivity index (χ1v) is 5.91. The van der Waals surface area contributed by atoms with Gasteiger partial charge in [0.15, 0.2) is 6.10 Å². The minimum Gasteiger partial charge on any atom is -0.467 e. The molecule has 17 heavy (non-hydrogen) atoms. The monoisotopic (exact) mass is 243 g/mol. The number of hydrogen-bond acceptors (Lipinski definition) is 4. The number of methoxy groups -OCH3 is 1. The van der Waals surface area contributed by atoms with E-state index in [1.165, 1.54) is 7.11 Å². The molecule has 98 valence electrons. The first kappa shape index (κ1) is 14.0. The second kappa shape index (κ2) is 5.49. The fourth-order valence-corrected chi connectivity index (χ4v) is 1.69. The Balaban J connectivity index is 2.67. The second-order valence-corrected chi connectivity index (χ2v) is 4.87. The van der Waals surface area contributed by atoms with E-state index in [-0.39, 0.29) is 12.5 Å². The summed E-state index contributed by atoms with van der Waals surface area (Å²) in [5.41, 5.74) is -0.391. The zero-order valence-electron chi connectivity index (χ0n) is 11.0. The SMILES string of the molecule is CCC(C)(C)C(=O)N1CCOC(C(=O)OC)C1. The van der Waals surface area contributed by atoms with Crippen molar-refractivity contribution in [2.45, 2.75) is 33.3 Å². The van der Waals surface area contributed by atoms with Crippen molar-refractivity contribution in [3.8, 4) is 0 Å². The van der Waals surface area contributed by atoms with Crippen LogP contribution in [0.2, 0.25) is 0 Å². The molecular formula is C12H21NO4. The predicted molar refractivity (Wildman–Crippen MR) is 62.4 cm³/mol. The number of rotatable bonds is 3. The van der Waals surface area contributed by atoms with Crippen LogP contribution in [0.3, 0.4) is 0 Å². The van der Waals surface area contributed by atoms with E-state index in [4.69, 9.17) is 4.74 Å². The first-order valence-electron chi connectivity index (χ1n) is 5.91. The molecule has 0 aromatic rings. The maximum Gasteiger partial charge on any atom is 0.336 e. The molecule has 1 heterocycles. The van der Waals surface area contributed by atoms with Crippen LogP contribution in [0.25, 0.3) is 0 Å². The average Bonchev–Trinajstić information content (AvgIpc) is 2.36. The third kappa shape index (κ3) is 3.19. The lowest BCUT2D eigenvalue weighted by molar-refractivity contribution is -0.165. The molecule has 5 nitrogen and oxygen atoms in total. The van der Waals surface area contributed by atoms with Gasteiger partial charge in [-0.3, -0.25) is 4.79 Å². The Morgan fingerprint density at radius 1 is 1.47 bits per heavy atom. The minimum absolute atomic E-state index is 0.0669. The molecule has 1 amide bonds. The van der Waals surface area contributed by atoms with Gasteiger partial charge in [0.25, 0.3) is 0 Å². The second-order valence-electron chi connectivity index (χ2n) is 4.87. The third-order valence-corrected chi connectivity index (χ3v) is 3.28. The molecule has 0 aromatic heterocycles. The van der Waals surface area contributed by atoms with Gasteiger partial charge in [0.05, 0.1) is 20.3 Å². The Morgan fingerprint density at radius 3 is 2.65 bits per heavy atom. The summed E-state index contributed by atoms with van der Waals surface area (Å²) in [6, 6.07) is 0. The number of carbonyl (C=O) groups is 2. The van der Waals surface area contributed by atoms with Gasteiger partial charge in [0, 0.05) is 12.0 Å². The summed E-state index contributed by atoms with van der Waals surface area (Å²) in [4.78, 5) is 25.3. The lowest BCUT2D eigenvalue weighted by Gasteiger charge is -2.36. The molecule has 0 radical (unpaired) electrons. The highest BCUT2D eigenvalue weighted by Gasteiger charge is 2.35. The van der Waals surface area contributed by atoms with E-state index in [0.717, 1.165) is 6.42 Å². The van der Waals surface area contributed by atoms with E-state index < -0.39 is 17.5 Å². The molecule has 1 saturated heterocycles. The van der Waals surface area contributed by atoms with Crippen LogP contribution in [0.1, 0.15) is 27.2 Å². The van der Waals surface area contributed by atoms with E-state index >= 15 is 0 Å². The van der Waals surface area contributed by atoms with Crippen molar-refractivity contribution in [1.29, 1.82) is 0 Å². The van der Waals surface area contributed by atoms with E-state index in [9.17, 15) is 9.59 Å². The summed E-state index contributed by atoms with van der Waals surface area (Å²) in [6.45, 7) is 7.02. The van der Waals surface area contributed by atoms with Crippen molar-refractivity contribution in [2.75, 3.05) is 26.8 Å². The normalized spacial score (nSPS) is 21.2. The molecule has 0 aliphatic carbocycles. The van der Waals surface area contributed by atoms with E-state index in [0.29, 0.717) is 13.2 Å². The van der Waals surface area contributed by atoms with Crippen molar-refractivity contribution in [2.24, 2.45) is 5.41 Å². The Labute approximate surface area is 102 Å². The quantitative estimate of drug-likeness (QED) is 0.689. The molecule has 5 heteroatoms. The van der Waals surface area contributed by atoms with Crippen LogP contribution >= 0.6 is 0 Å². The van der Waals surface area contributed by atoms with E-state index in [1.54, 1.807) is 4.90 Å². The summed E-state index contributed by atoms with van der Waals surface area (Å²) in [6.07, 6.45) is 0.122. The maximum absolute atomic E-state index is 12.2. The van der Waals surface area contributed by atoms with Crippen LogP contribution in [-0.2, 0) is 19.1 Å². The molecule has 0 spiro atoms. The summed E-state index contributed by atoms with van der Waals surface area (Å²) in [7, 11) is 1.32. The van der Waals surface area contributed by atoms with Crippen molar-refractivity contribution in [3.63, 3.8) is 0 Å². The van der Waals surface area contributed by atoms with Crippen LogP contribution in [0.4, 0.5) is 0 Å². The Hall–Kier alpha value is -1.10. The number of hydrogen-bond donors (Lipinski definition) is 0. The number of morpholine rings is 1. The Morgan fingerprint density at radius 2 is 2.12 bits per heavy atom. The van der Waals surface area contributed by atoms with Gasteiger partial charge in [-0.25, -0.2) is 4.79 Å². The molecular weight excluding hydrogens is 222 g/mol. The number of esters is 1. The molecule has 1 atom stereocenters. The van der Waals surface area contributed by atoms with Crippen molar-refractivity contribution < 1.29 is 19.1 Å². The molecule has 1 fully saturated rings. The van der Waals surface area contributed by atoms with Crippen LogP contribution in [0, 0.1) is 5.41 Å². The summed E-state index contributed by atoms with van der Waals surface area (Å²) < 4.78 is 9.92. The first-order chi connectivity index (χ1) is 7.92. The largest absolute Gasteiger partial charge is 0.467 e. The van der Waals surface area contributed by atoms with Crippen molar-refractivity contribution in [1.82, 2.24) is 4.90 Å². The fraction of sp³-hybridized carbons (Fsp3) is 0.833. The lowest BCUT2D eigenvalue weighted by atomic mass is 9.88. The van der Waals surface area contributed by atoms with Gasteiger partial charge < -0.3 is 14.4 Å². The highest BCUT2D eigenvalue weighted by molar-refractivity contribution is 5.83. The average molecular weight is 243 g/mol. The Bertz CT molecular complexity index is 301. The molecule has 0 aromatic carbocycles. The topological polar surface area (TPSA) is 55.8 Å². The maximum atomic E-state index is 12.2. The molecule has 0 N–H and O–H groups in total. The van der Waals surface area contributed by atoms with E-state index in [2.05, 4.69) is 4.74 Å². The highest BCUT2D eigenvalue weighted by Crippen LogP contribution is 2.24. The van der Waals surface area contributed by atoms with Crippen LogP contribution < -0.4 is 0 Å². The Kier molecular flexibility index (Phi) is 4.51. The smallest absolute Gasteiger partial charge is 0.336 e. The number of ether oxygens (including phenoxy) is 2. The molecule has 1 unspecified atom stereocenters. The fourth-order valence-electron chi connectivity index (χ4n) is 1.69. The highest BCUT2D eigenvalue weighted by atomic mass is 16.6. The molecule has 1 rings (SSSR count). The minimum atomic E-state index is -0.648. The summed E-state index contributed by atoms with van der Waals surface area (Å²) in [5, 5.41) is 0. The third-order valence-electron chi connectivity index (χ3n) is 3.28. The molecule has 1 aliphatic rings. The summed E-state index contributed by atoms with van der Waals surface area (Å²) >= 11 is 0. The van der Waals surface area contributed by atoms with Gasteiger partial charge in [0.1, 0.15) is 0 Å². The van der Waals surface area contributed by atoms with Crippen LogP contribution in [0.15, 0.2) is 0 Å². The van der Waals surface area contributed by atoms with Gasteiger partial charge in [-0.2, -0.15) is 0 Å². The lowest BCUT2D eigenvalue weighted by Crippen LogP contribution is -2.52. The van der Waals surface area contributed by atoms with Gasteiger partial charge >= 0.3 is 5.97 Å². The molecule has 0 bridgehead atoms. The zero-order valence-corrected chi connectivity index (χ0v) is 11.0. The number of amides is 1. The standard InChI is InChI=1S/C12H21NO4/c1-5-12(2,3)11(15)13-6-7-17-9(8-13)10(14)16-4/h9H,5-8H2,1-4H3.